The molecule has 1 atom stereocenters. The SMILES string of the molecule is CCOc1cccc(-c2noc(-c3nnn4c3CO[C@H](c3cccc(OC)c3)C4)n2)c1. The molecule has 4 aromatic rings. The molecule has 31 heavy (non-hydrogen) atoms. The van der Waals surface area contributed by atoms with Gasteiger partial charge in [0.2, 0.25) is 5.82 Å². The van der Waals surface area contributed by atoms with Crippen LogP contribution in [0.5, 0.6) is 11.5 Å². The van der Waals surface area contributed by atoms with Crippen LogP contribution in [0.1, 0.15) is 24.3 Å². The Kier molecular flexibility index (Phi) is 5.09. The topological polar surface area (TPSA) is 97.3 Å². The zero-order valence-corrected chi connectivity index (χ0v) is 17.2. The number of rotatable bonds is 6. The van der Waals surface area contributed by atoms with Crippen molar-refractivity contribution in [3.8, 4) is 34.5 Å². The van der Waals surface area contributed by atoms with Crippen molar-refractivity contribution in [3.05, 3.63) is 59.8 Å². The fourth-order valence-electron chi connectivity index (χ4n) is 3.55. The normalized spacial score (nSPS) is 15.5. The number of hydrogen-bond acceptors (Lipinski definition) is 8. The Morgan fingerprint density at radius 2 is 2.00 bits per heavy atom. The maximum atomic E-state index is 6.08. The van der Waals surface area contributed by atoms with Gasteiger partial charge in [-0.15, -0.1) is 5.10 Å². The lowest BCUT2D eigenvalue weighted by Gasteiger charge is -2.24. The summed E-state index contributed by atoms with van der Waals surface area (Å²) in [4.78, 5) is 4.51. The average Bonchev–Trinajstić information content (AvgIpc) is 3.46. The molecule has 0 saturated carbocycles. The Morgan fingerprint density at radius 1 is 1.13 bits per heavy atom. The molecular formula is C22H21N5O4. The molecule has 0 fully saturated rings. The molecule has 2 aromatic carbocycles. The van der Waals surface area contributed by atoms with Crippen LogP contribution in [0.15, 0.2) is 53.1 Å². The minimum Gasteiger partial charge on any atom is -0.497 e. The number of methoxy groups -OCH3 is 1. The lowest BCUT2D eigenvalue weighted by molar-refractivity contribution is -0.00127. The smallest absolute Gasteiger partial charge is 0.280 e. The summed E-state index contributed by atoms with van der Waals surface area (Å²) in [6, 6.07) is 15.4. The van der Waals surface area contributed by atoms with Crippen molar-refractivity contribution in [1.82, 2.24) is 25.1 Å². The molecule has 0 spiro atoms. The van der Waals surface area contributed by atoms with E-state index in [0.29, 0.717) is 37.2 Å². The van der Waals surface area contributed by atoms with Crippen LogP contribution in [-0.4, -0.2) is 38.9 Å². The molecule has 1 aliphatic rings. The molecule has 9 heteroatoms. The number of hydrogen-bond donors (Lipinski definition) is 0. The molecule has 0 radical (unpaired) electrons. The molecule has 0 N–H and O–H groups in total. The molecule has 3 heterocycles. The van der Waals surface area contributed by atoms with E-state index in [1.54, 1.807) is 7.11 Å². The minimum absolute atomic E-state index is 0.142. The van der Waals surface area contributed by atoms with Crippen LogP contribution < -0.4 is 9.47 Å². The highest BCUT2D eigenvalue weighted by Gasteiger charge is 2.28. The second-order valence-electron chi connectivity index (χ2n) is 7.03. The number of aromatic nitrogens is 5. The van der Waals surface area contributed by atoms with Crippen LogP contribution in [0.2, 0.25) is 0 Å². The van der Waals surface area contributed by atoms with Crippen molar-refractivity contribution in [2.75, 3.05) is 13.7 Å². The van der Waals surface area contributed by atoms with Crippen LogP contribution >= 0.6 is 0 Å². The van der Waals surface area contributed by atoms with Gasteiger partial charge in [-0.3, -0.25) is 0 Å². The molecular weight excluding hydrogens is 398 g/mol. The lowest BCUT2D eigenvalue weighted by Crippen LogP contribution is -2.22. The third-order valence-corrected chi connectivity index (χ3v) is 5.10. The predicted octanol–water partition coefficient (Wildman–Crippen LogP) is 3.67. The van der Waals surface area contributed by atoms with E-state index in [0.717, 1.165) is 28.3 Å². The maximum Gasteiger partial charge on any atom is 0.280 e. The van der Waals surface area contributed by atoms with Crippen molar-refractivity contribution in [3.63, 3.8) is 0 Å². The summed E-state index contributed by atoms with van der Waals surface area (Å²) >= 11 is 0. The predicted molar refractivity (Wildman–Crippen MR) is 110 cm³/mol. The van der Waals surface area contributed by atoms with Gasteiger partial charge in [-0.25, -0.2) is 4.68 Å². The molecule has 0 unspecified atom stereocenters. The van der Waals surface area contributed by atoms with E-state index in [4.69, 9.17) is 18.7 Å². The zero-order chi connectivity index (χ0) is 21.2. The van der Waals surface area contributed by atoms with E-state index in [1.165, 1.54) is 0 Å². The Labute approximate surface area is 178 Å². The quantitative estimate of drug-likeness (QED) is 0.467. The average molecular weight is 419 g/mol. The number of fused-ring (bicyclic) bond motifs is 1. The Morgan fingerprint density at radius 3 is 2.87 bits per heavy atom. The van der Waals surface area contributed by atoms with Crippen LogP contribution in [0, 0.1) is 0 Å². The highest BCUT2D eigenvalue weighted by atomic mass is 16.5. The number of ether oxygens (including phenoxy) is 3. The first-order valence-electron chi connectivity index (χ1n) is 10.0. The van der Waals surface area contributed by atoms with Crippen molar-refractivity contribution < 1.29 is 18.7 Å². The van der Waals surface area contributed by atoms with E-state index in [1.807, 2.05) is 60.1 Å². The highest BCUT2D eigenvalue weighted by Crippen LogP contribution is 2.32. The third kappa shape index (κ3) is 3.75. The number of nitrogens with zero attached hydrogens (tertiary/aromatic N) is 5. The zero-order valence-electron chi connectivity index (χ0n) is 17.2. The Bertz CT molecular complexity index is 1200. The van der Waals surface area contributed by atoms with E-state index in [9.17, 15) is 0 Å². The first-order valence-corrected chi connectivity index (χ1v) is 10.0. The monoisotopic (exact) mass is 419 g/mol. The molecule has 2 aromatic heterocycles. The fraction of sp³-hybridized carbons (Fsp3) is 0.273. The summed E-state index contributed by atoms with van der Waals surface area (Å²) < 4.78 is 24.2. The van der Waals surface area contributed by atoms with E-state index < -0.39 is 0 Å². The lowest BCUT2D eigenvalue weighted by atomic mass is 10.1. The van der Waals surface area contributed by atoms with Gasteiger partial charge in [-0.1, -0.05) is 34.6 Å². The van der Waals surface area contributed by atoms with Gasteiger partial charge < -0.3 is 18.7 Å². The van der Waals surface area contributed by atoms with Gasteiger partial charge in [0.25, 0.3) is 5.89 Å². The van der Waals surface area contributed by atoms with Crippen molar-refractivity contribution >= 4 is 0 Å². The van der Waals surface area contributed by atoms with Crippen LogP contribution in [-0.2, 0) is 17.9 Å². The van der Waals surface area contributed by atoms with Gasteiger partial charge in [0.15, 0.2) is 5.69 Å². The van der Waals surface area contributed by atoms with E-state index in [2.05, 4.69) is 20.5 Å². The second-order valence-corrected chi connectivity index (χ2v) is 7.03. The summed E-state index contributed by atoms with van der Waals surface area (Å²) in [5, 5.41) is 12.7. The highest BCUT2D eigenvalue weighted by molar-refractivity contribution is 5.60. The minimum atomic E-state index is -0.142. The molecule has 5 rings (SSSR count). The molecule has 0 aliphatic carbocycles. The third-order valence-electron chi connectivity index (χ3n) is 5.10. The molecule has 0 bridgehead atoms. The van der Waals surface area contributed by atoms with Gasteiger partial charge in [0.05, 0.1) is 32.6 Å². The van der Waals surface area contributed by atoms with E-state index in [-0.39, 0.29) is 6.10 Å². The summed E-state index contributed by atoms with van der Waals surface area (Å²) in [7, 11) is 1.65. The van der Waals surface area contributed by atoms with Gasteiger partial charge in [-0.05, 0) is 36.8 Å². The molecule has 158 valence electrons. The van der Waals surface area contributed by atoms with E-state index >= 15 is 0 Å². The van der Waals surface area contributed by atoms with Crippen LogP contribution in [0.4, 0.5) is 0 Å². The Hall–Kier alpha value is -3.72. The fourth-order valence-corrected chi connectivity index (χ4v) is 3.55. The standard InChI is InChI=1S/C22H21N5O4/c1-3-29-17-9-5-7-15(11-17)21-23-22(31-25-21)20-18-13-30-19(12-27(18)26-24-20)14-6-4-8-16(10-14)28-2/h4-11,19H,3,12-13H2,1-2H3/t19-/m0/s1. The van der Waals surface area contributed by atoms with Crippen LogP contribution in [0.25, 0.3) is 23.0 Å². The summed E-state index contributed by atoms with van der Waals surface area (Å²) in [5.41, 5.74) is 3.16. The van der Waals surface area contributed by atoms with Gasteiger partial charge in [-0.2, -0.15) is 4.98 Å². The molecule has 1 aliphatic heterocycles. The molecule has 9 nitrogen and oxygen atoms in total. The summed E-state index contributed by atoms with van der Waals surface area (Å²) in [6.07, 6.45) is -0.142. The molecule has 0 amide bonds. The van der Waals surface area contributed by atoms with Crippen molar-refractivity contribution in [2.45, 2.75) is 26.2 Å². The maximum absolute atomic E-state index is 6.08. The summed E-state index contributed by atoms with van der Waals surface area (Å²) in [5.74, 6) is 2.31. The van der Waals surface area contributed by atoms with Gasteiger partial charge in [0, 0.05) is 5.56 Å². The number of benzene rings is 2. The first-order chi connectivity index (χ1) is 15.2. The van der Waals surface area contributed by atoms with Gasteiger partial charge >= 0.3 is 0 Å². The van der Waals surface area contributed by atoms with Crippen molar-refractivity contribution in [2.24, 2.45) is 0 Å². The van der Waals surface area contributed by atoms with Crippen LogP contribution in [0.3, 0.4) is 0 Å². The Balaban J connectivity index is 1.38. The first kappa shape index (κ1) is 19.3. The van der Waals surface area contributed by atoms with Crippen molar-refractivity contribution in [1.29, 1.82) is 0 Å². The summed E-state index contributed by atoms with van der Waals surface area (Å²) in [6.45, 7) is 3.40. The van der Waals surface area contributed by atoms with Gasteiger partial charge in [0.1, 0.15) is 17.6 Å². The largest absolute Gasteiger partial charge is 0.497 e. The second kappa shape index (κ2) is 8.19. The molecule has 0 saturated heterocycles.